The average molecular weight is 441 g/mol. The Balaban J connectivity index is 2.10. The number of hydrogen-bond donors (Lipinski definition) is 2. The van der Waals surface area contributed by atoms with Crippen molar-refractivity contribution in [3.05, 3.63) is 58.7 Å². The summed E-state index contributed by atoms with van der Waals surface area (Å²) < 4.78 is 1.63. The lowest BCUT2D eigenvalue weighted by atomic mass is 10.1. The highest BCUT2D eigenvalue weighted by Crippen LogP contribution is 2.22. The van der Waals surface area contributed by atoms with Gasteiger partial charge in [-0.25, -0.2) is 0 Å². The van der Waals surface area contributed by atoms with E-state index in [1.165, 1.54) is 0 Å². The van der Waals surface area contributed by atoms with Crippen LogP contribution in [0, 0.1) is 0 Å². The number of aliphatic imine (C=N–C) groups is 2. The van der Waals surface area contributed by atoms with Crippen molar-refractivity contribution in [1.29, 1.82) is 0 Å². The van der Waals surface area contributed by atoms with E-state index in [9.17, 15) is 10.2 Å². The quantitative estimate of drug-likeness (QED) is 0.354. The Kier molecular flexibility index (Phi) is 8.21. The van der Waals surface area contributed by atoms with Crippen LogP contribution in [-0.2, 0) is 13.1 Å². The van der Waals surface area contributed by atoms with Gasteiger partial charge in [-0.2, -0.15) is 0 Å². The van der Waals surface area contributed by atoms with Crippen molar-refractivity contribution in [3.63, 3.8) is 0 Å². The van der Waals surface area contributed by atoms with E-state index in [1.54, 1.807) is 12.1 Å². The minimum atomic E-state index is 0.245. The molecule has 0 bridgehead atoms. The highest BCUT2D eigenvalue weighted by atomic mass is 16.3. The van der Waals surface area contributed by atoms with E-state index < -0.39 is 0 Å². The number of phenols is 2. The van der Waals surface area contributed by atoms with Gasteiger partial charge in [-0.05, 0) is 50.2 Å². The Morgan fingerprint density at radius 3 is 1.31 bits per heavy atom. The molecule has 2 rings (SSSR count). The van der Waals surface area contributed by atoms with Crippen LogP contribution >= 0.6 is 0 Å². The summed E-state index contributed by atoms with van der Waals surface area (Å²) in [7, 11) is 12.9. The molecular weight excluding hydrogens is 400 g/mol. The zero-order valence-corrected chi connectivity index (χ0v) is 21.0. The molecule has 0 saturated carbocycles. The molecule has 2 N–H and O–H groups in total. The maximum absolute atomic E-state index is 10.3. The predicted octanol–water partition coefficient (Wildman–Crippen LogP) is 3.83. The topological polar surface area (TPSA) is 65.2 Å². The van der Waals surface area contributed by atoms with Crippen molar-refractivity contribution in [2.45, 2.75) is 26.9 Å². The predicted molar refractivity (Wildman–Crippen MR) is 134 cm³/mol. The van der Waals surface area contributed by atoms with Crippen LogP contribution in [0.5, 0.6) is 11.5 Å². The van der Waals surface area contributed by atoms with Gasteiger partial charge in [0, 0.05) is 33.7 Å². The number of quaternary nitrogens is 2. The maximum Gasteiger partial charge on any atom is 0.124 e. The van der Waals surface area contributed by atoms with E-state index in [0.29, 0.717) is 13.1 Å². The molecule has 0 unspecified atom stereocenters. The number of phenolic OH excluding ortho intramolecular Hbond substituents is 2. The Labute approximate surface area is 193 Å². The number of nitrogens with zero attached hydrogens (tertiary/aromatic N) is 4. The van der Waals surface area contributed by atoms with Gasteiger partial charge in [0.2, 0.25) is 0 Å². The summed E-state index contributed by atoms with van der Waals surface area (Å²) >= 11 is 0. The van der Waals surface area contributed by atoms with Crippen molar-refractivity contribution in [3.8, 4) is 11.5 Å². The van der Waals surface area contributed by atoms with Crippen LogP contribution in [0.3, 0.4) is 0 Å². The van der Waals surface area contributed by atoms with Crippen LogP contribution in [0.1, 0.15) is 36.1 Å². The summed E-state index contributed by atoms with van der Waals surface area (Å²) in [6.45, 7) is 6.62. The third-order valence-corrected chi connectivity index (χ3v) is 5.01. The molecule has 6 nitrogen and oxygen atoms in total. The summed E-state index contributed by atoms with van der Waals surface area (Å²) in [5.74, 6) is 0.491. The third kappa shape index (κ3) is 8.09. The lowest BCUT2D eigenvalue weighted by Crippen LogP contribution is -2.33. The van der Waals surface area contributed by atoms with Gasteiger partial charge >= 0.3 is 0 Å². The molecule has 32 heavy (non-hydrogen) atoms. The fourth-order valence-electron chi connectivity index (χ4n) is 3.64. The van der Waals surface area contributed by atoms with Gasteiger partial charge in [-0.1, -0.05) is 0 Å². The number of hydrogen-bond acceptors (Lipinski definition) is 4. The normalized spacial score (nSPS) is 13.5. The summed E-state index contributed by atoms with van der Waals surface area (Å²) in [6.07, 6.45) is 0. The highest BCUT2D eigenvalue weighted by Gasteiger charge is 2.13. The molecule has 0 aromatic heterocycles. The molecule has 0 fully saturated rings. The van der Waals surface area contributed by atoms with Crippen LogP contribution in [-0.4, -0.2) is 86.0 Å². The monoisotopic (exact) mass is 440 g/mol. The molecule has 0 aliphatic rings. The molecule has 2 aromatic carbocycles. The molecule has 0 heterocycles. The Hall–Kier alpha value is -2.70. The molecule has 0 spiro atoms. The fraction of sp³-hybridized carbons (Fsp3) is 0.462. The molecule has 0 radical (unpaired) electrons. The fourth-order valence-corrected chi connectivity index (χ4v) is 3.64. The number of benzene rings is 2. The largest absolute Gasteiger partial charge is 0.507 e. The first-order valence-electron chi connectivity index (χ1n) is 11.0. The standard InChI is InChI=1S/C26H38N4O2/c1-19(23-15-21(9-11-25(23)31)17-29(3,4)5)27-13-14-28-20(2)24-16-22(10-12-26(24)32)18-30(6,7)8/h9-12,15-16H,13-14,17-18H2,1-8H3/p+2. The second-order valence-electron chi connectivity index (χ2n) is 10.5. The summed E-state index contributed by atoms with van der Waals surface area (Å²) in [5.41, 5.74) is 5.46. The van der Waals surface area contributed by atoms with Crippen molar-refractivity contribution < 1.29 is 19.2 Å². The molecule has 0 aliphatic heterocycles. The maximum atomic E-state index is 10.3. The molecule has 0 atom stereocenters. The van der Waals surface area contributed by atoms with Crippen LogP contribution < -0.4 is 0 Å². The van der Waals surface area contributed by atoms with E-state index in [1.807, 2.05) is 38.1 Å². The first-order chi connectivity index (χ1) is 14.7. The Bertz CT molecular complexity index is 914. The molecule has 0 aliphatic carbocycles. The lowest BCUT2D eigenvalue weighted by Gasteiger charge is -2.24. The van der Waals surface area contributed by atoms with E-state index in [-0.39, 0.29) is 11.5 Å². The van der Waals surface area contributed by atoms with Crippen molar-refractivity contribution in [1.82, 2.24) is 0 Å². The SMILES string of the molecule is CC(=NCCN=C(C)c1cc(C[N+](C)(C)C)ccc1O)c1cc(C[N+](C)(C)C)ccc1O. The molecule has 0 saturated heterocycles. The minimum absolute atomic E-state index is 0.245. The van der Waals surface area contributed by atoms with Gasteiger partial charge in [-0.15, -0.1) is 0 Å². The first-order valence-corrected chi connectivity index (χ1v) is 11.0. The second kappa shape index (κ2) is 10.3. The minimum Gasteiger partial charge on any atom is -0.507 e. The van der Waals surface area contributed by atoms with Crippen molar-refractivity contribution >= 4 is 11.4 Å². The van der Waals surface area contributed by atoms with E-state index >= 15 is 0 Å². The van der Waals surface area contributed by atoms with Crippen molar-refractivity contribution in [2.75, 3.05) is 55.4 Å². The van der Waals surface area contributed by atoms with Crippen molar-refractivity contribution in [2.24, 2.45) is 9.98 Å². The highest BCUT2D eigenvalue weighted by molar-refractivity contribution is 6.02. The third-order valence-electron chi connectivity index (χ3n) is 5.01. The average Bonchev–Trinajstić information content (AvgIpc) is 2.65. The molecule has 2 aromatic rings. The zero-order chi connectivity index (χ0) is 24.1. The van der Waals surface area contributed by atoms with E-state index in [0.717, 1.165) is 55.7 Å². The zero-order valence-electron chi connectivity index (χ0n) is 21.0. The van der Waals surface area contributed by atoms with Gasteiger partial charge in [0.1, 0.15) is 24.6 Å². The van der Waals surface area contributed by atoms with E-state index in [2.05, 4.69) is 52.3 Å². The van der Waals surface area contributed by atoms with Crippen LogP contribution in [0.4, 0.5) is 0 Å². The van der Waals surface area contributed by atoms with Crippen LogP contribution in [0.2, 0.25) is 0 Å². The number of aromatic hydroxyl groups is 2. The Morgan fingerprint density at radius 2 is 1.00 bits per heavy atom. The van der Waals surface area contributed by atoms with E-state index in [4.69, 9.17) is 0 Å². The lowest BCUT2D eigenvalue weighted by molar-refractivity contribution is -0.884. The van der Waals surface area contributed by atoms with Crippen LogP contribution in [0.25, 0.3) is 0 Å². The smallest absolute Gasteiger partial charge is 0.124 e. The summed E-state index contributed by atoms with van der Waals surface area (Å²) in [4.78, 5) is 9.25. The van der Waals surface area contributed by atoms with Gasteiger partial charge in [0.15, 0.2) is 0 Å². The first kappa shape index (κ1) is 25.6. The Morgan fingerprint density at radius 1 is 0.656 bits per heavy atom. The molecule has 6 heteroatoms. The van der Waals surface area contributed by atoms with Crippen LogP contribution in [0.15, 0.2) is 46.4 Å². The van der Waals surface area contributed by atoms with Gasteiger partial charge in [-0.3, -0.25) is 9.98 Å². The van der Waals surface area contributed by atoms with Gasteiger partial charge in [0.05, 0.1) is 55.4 Å². The molecule has 0 amide bonds. The van der Waals surface area contributed by atoms with Gasteiger partial charge < -0.3 is 19.2 Å². The second-order valence-corrected chi connectivity index (χ2v) is 10.5. The number of rotatable bonds is 9. The molecule has 174 valence electrons. The van der Waals surface area contributed by atoms with Gasteiger partial charge in [0.25, 0.3) is 0 Å². The molecular formula is C26H40N4O2+2. The summed E-state index contributed by atoms with van der Waals surface area (Å²) in [6, 6.07) is 11.4. The summed E-state index contributed by atoms with van der Waals surface area (Å²) in [5, 5.41) is 20.6.